The Kier molecular flexibility index (Phi) is 6.42. The molecule has 0 aliphatic rings. The van der Waals surface area contributed by atoms with Crippen LogP contribution in [0.3, 0.4) is 0 Å². The summed E-state index contributed by atoms with van der Waals surface area (Å²) in [6.45, 7) is 1.59. The maximum Gasteiger partial charge on any atom is 0.191 e. The van der Waals surface area contributed by atoms with Crippen molar-refractivity contribution in [3.8, 4) is 5.69 Å². The molecule has 0 saturated heterocycles. The van der Waals surface area contributed by atoms with Crippen LogP contribution in [-0.2, 0) is 13.0 Å². The van der Waals surface area contributed by atoms with E-state index in [1.807, 2.05) is 29.2 Å². The quantitative estimate of drug-likeness (QED) is 0.392. The standard InChI is InChI=1S/C21H25N5/c1-22-21(24-13-7-10-18-8-3-2-4-9-18)25-16-19-11-5-6-12-20(19)26-15-14-23-17-26/h2-6,8-9,11-12,14-15,17H,7,10,13,16H2,1H3,(H2,22,24,25). The molecule has 0 unspecified atom stereocenters. The zero-order valence-electron chi connectivity index (χ0n) is 15.1. The van der Waals surface area contributed by atoms with Gasteiger partial charge in [0, 0.05) is 32.5 Å². The molecular formula is C21H25N5. The lowest BCUT2D eigenvalue weighted by molar-refractivity contribution is 0.741. The predicted octanol–water partition coefficient (Wildman–Crippen LogP) is 3.17. The van der Waals surface area contributed by atoms with E-state index < -0.39 is 0 Å². The number of rotatable bonds is 7. The van der Waals surface area contributed by atoms with Crippen LogP contribution in [0, 0.1) is 0 Å². The Morgan fingerprint density at radius 3 is 2.62 bits per heavy atom. The van der Waals surface area contributed by atoms with Crippen LogP contribution in [0.15, 0.2) is 78.3 Å². The molecule has 0 atom stereocenters. The molecule has 0 radical (unpaired) electrons. The molecule has 0 aliphatic heterocycles. The van der Waals surface area contributed by atoms with Crippen molar-refractivity contribution in [3.05, 3.63) is 84.4 Å². The van der Waals surface area contributed by atoms with Gasteiger partial charge in [0.1, 0.15) is 0 Å². The van der Waals surface area contributed by atoms with Crippen molar-refractivity contribution in [2.24, 2.45) is 4.99 Å². The Balaban J connectivity index is 1.49. The SMILES string of the molecule is CN=C(NCCCc1ccccc1)NCc1ccccc1-n1ccnc1. The molecule has 2 N–H and O–H groups in total. The van der Waals surface area contributed by atoms with Crippen LogP contribution in [0.5, 0.6) is 0 Å². The second-order valence-corrected chi connectivity index (χ2v) is 6.04. The lowest BCUT2D eigenvalue weighted by Crippen LogP contribution is -2.37. The van der Waals surface area contributed by atoms with E-state index >= 15 is 0 Å². The number of hydrogen-bond donors (Lipinski definition) is 2. The summed E-state index contributed by atoms with van der Waals surface area (Å²) in [7, 11) is 1.80. The van der Waals surface area contributed by atoms with Crippen LogP contribution >= 0.6 is 0 Å². The molecule has 2 aromatic carbocycles. The minimum Gasteiger partial charge on any atom is -0.356 e. The normalized spacial score (nSPS) is 11.3. The molecule has 1 aromatic heterocycles. The van der Waals surface area contributed by atoms with Gasteiger partial charge < -0.3 is 15.2 Å². The number of benzene rings is 2. The molecule has 3 rings (SSSR count). The van der Waals surface area contributed by atoms with E-state index in [0.717, 1.165) is 31.0 Å². The predicted molar refractivity (Wildman–Crippen MR) is 107 cm³/mol. The van der Waals surface area contributed by atoms with E-state index in [-0.39, 0.29) is 0 Å². The molecule has 3 aromatic rings. The van der Waals surface area contributed by atoms with Gasteiger partial charge in [-0.05, 0) is 30.0 Å². The topological polar surface area (TPSA) is 54.2 Å². The second-order valence-electron chi connectivity index (χ2n) is 6.04. The highest BCUT2D eigenvalue weighted by Crippen LogP contribution is 2.13. The second kappa shape index (κ2) is 9.42. The first-order chi connectivity index (χ1) is 12.9. The molecule has 26 heavy (non-hydrogen) atoms. The van der Waals surface area contributed by atoms with Crippen LogP contribution < -0.4 is 10.6 Å². The summed E-state index contributed by atoms with van der Waals surface area (Å²) in [5, 5.41) is 6.78. The fourth-order valence-electron chi connectivity index (χ4n) is 2.86. The highest BCUT2D eigenvalue weighted by Gasteiger charge is 2.05. The minimum atomic E-state index is 0.701. The fourth-order valence-corrected chi connectivity index (χ4v) is 2.86. The molecule has 134 valence electrons. The van der Waals surface area contributed by atoms with Crippen molar-refractivity contribution < 1.29 is 0 Å². The molecule has 0 saturated carbocycles. The molecule has 0 spiro atoms. The van der Waals surface area contributed by atoms with Gasteiger partial charge in [-0.2, -0.15) is 0 Å². The number of nitrogens with zero attached hydrogens (tertiary/aromatic N) is 3. The average Bonchev–Trinajstić information content (AvgIpc) is 3.23. The summed E-state index contributed by atoms with van der Waals surface area (Å²) in [4.78, 5) is 8.45. The Morgan fingerprint density at radius 2 is 1.85 bits per heavy atom. The summed E-state index contributed by atoms with van der Waals surface area (Å²) < 4.78 is 2.02. The number of aryl methyl sites for hydroxylation is 1. The van der Waals surface area contributed by atoms with Gasteiger partial charge in [0.25, 0.3) is 0 Å². The van der Waals surface area contributed by atoms with E-state index in [1.54, 1.807) is 13.2 Å². The van der Waals surface area contributed by atoms with Crippen LogP contribution in [0.25, 0.3) is 5.69 Å². The molecule has 5 nitrogen and oxygen atoms in total. The third kappa shape index (κ3) is 4.96. The Labute approximate surface area is 154 Å². The first-order valence-electron chi connectivity index (χ1n) is 8.91. The van der Waals surface area contributed by atoms with Gasteiger partial charge >= 0.3 is 0 Å². The van der Waals surface area contributed by atoms with E-state index in [2.05, 4.69) is 63.1 Å². The molecular weight excluding hydrogens is 322 g/mol. The van der Waals surface area contributed by atoms with Crippen molar-refractivity contribution >= 4 is 5.96 Å². The summed E-state index contributed by atoms with van der Waals surface area (Å²) in [5.41, 5.74) is 3.68. The van der Waals surface area contributed by atoms with Crippen molar-refractivity contribution in [2.45, 2.75) is 19.4 Å². The lowest BCUT2D eigenvalue weighted by Gasteiger charge is -2.14. The average molecular weight is 347 g/mol. The number of para-hydroxylation sites is 1. The fraction of sp³-hybridized carbons (Fsp3) is 0.238. The molecule has 1 heterocycles. The molecule has 0 bridgehead atoms. The lowest BCUT2D eigenvalue weighted by atomic mass is 10.1. The third-order valence-corrected chi connectivity index (χ3v) is 4.22. The minimum absolute atomic E-state index is 0.701. The van der Waals surface area contributed by atoms with Gasteiger partial charge in [-0.25, -0.2) is 4.98 Å². The van der Waals surface area contributed by atoms with Crippen molar-refractivity contribution in [1.82, 2.24) is 20.2 Å². The molecule has 5 heteroatoms. The number of imidazole rings is 1. The third-order valence-electron chi connectivity index (χ3n) is 4.22. The van der Waals surface area contributed by atoms with Crippen molar-refractivity contribution in [1.29, 1.82) is 0 Å². The van der Waals surface area contributed by atoms with Gasteiger partial charge in [-0.3, -0.25) is 4.99 Å². The molecule has 0 fully saturated rings. The largest absolute Gasteiger partial charge is 0.356 e. The number of guanidine groups is 1. The van der Waals surface area contributed by atoms with Crippen molar-refractivity contribution in [2.75, 3.05) is 13.6 Å². The van der Waals surface area contributed by atoms with Gasteiger partial charge in [-0.15, -0.1) is 0 Å². The van der Waals surface area contributed by atoms with Crippen LogP contribution in [0.1, 0.15) is 17.5 Å². The Hall–Kier alpha value is -3.08. The van der Waals surface area contributed by atoms with E-state index in [1.165, 1.54) is 11.1 Å². The number of aromatic nitrogens is 2. The van der Waals surface area contributed by atoms with E-state index in [9.17, 15) is 0 Å². The van der Waals surface area contributed by atoms with Crippen LogP contribution in [0.2, 0.25) is 0 Å². The number of hydrogen-bond acceptors (Lipinski definition) is 2. The van der Waals surface area contributed by atoms with Gasteiger partial charge in [0.2, 0.25) is 0 Å². The summed E-state index contributed by atoms with van der Waals surface area (Å²) in [5.74, 6) is 0.818. The number of aliphatic imine (C=N–C) groups is 1. The van der Waals surface area contributed by atoms with Crippen LogP contribution in [0.4, 0.5) is 0 Å². The Bertz CT molecular complexity index is 809. The number of nitrogens with one attached hydrogen (secondary N) is 2. The first-order valence-corrected chi connectivity index (χ1v) is 8.91. The van der Waals surface area contributed by atoms with E-state index in [4.69, 9.17) is 0 Å². The van der Waals surface area contributed by atoms with E-state index in [0.29, 0.717) is 6.54 Å². The highest BCUT2D eigenvalue weighted by molar-refractivity contribution is 5.79. The zero-order chi connectivity index (χ0) is 18.0. The molecule has 0 amide bonds. The van der Waals surface area contributed by atoms with Crippen LogP contribution in [-0.4, -0.2) is 29.1 Å². The summed E-state index contributed by atoms with van der Waals surface area (Å²) in [6, 6.07) is 18.8. The summed E-state index contributed by atoms with van der Waals surface area (Å²) >= 11 is 0. The van der Waals surface area contributed by atoms with Crippen molar-refractivity contribution in [3.63, 3.8) is 0 Å². The molecule has 0 aliphatic carbocycles. The first kappa shape index (κ1) is 17.7. The maximum absolute atomic E-state index is 4.32. The maximum atomic E-state index is 4.32. The highest BCUT2D eigenvalue weighted by atomic mass is 15.2. The van der Waals surface area contributed by atoms with Gasteiger partial charge in [0.05, 0.1) is 12.0 Å². The van der Waals surface area contributed by atoms with Gasteiger partial charge in [0.15, 0.2) is 5.96 Å². The summed E-state index contributed by atoms with van der Waals surface area (Å²) in [6.07, 6.45) is 7.69. The monoisotopic (exact) mass is 347 g/mol. The smallest absolute Gasteiger partial charge is 0.191 e. The Morgan fingerprint density at radius 1 is 1.04 bits per heavy atom. The zero-order valence-corrected chi connectivity index (χ0v) is 15.1. The van der Waals surface area contributed by atoms with Gasteiger partial charge in [-0.1, -0.05) is 48.5 Å².